The number of esters is 1. The van der Waals surface area contributed by atoms with Crippen LogP contribution in [0.25, 0.3) is 0 Å². The van der Waals surface area contributed by atoms with Crippen LogP contribution in [0.1, 0.15) is 5.56 Å². The van der Waals surface area contributed by atoms with E-state index in [0.29, 0.717) is 11.3 Å². The maximum atomic E-state index is 11.7. The van der Waals surface area contributed by atoms with E-state index in [-0.39, 0.29) is 12.4 Å². The predicted octanol–water partition coefficient (Wildman–Crippen LogP) is 3.59. The van der Waals surface area contributed by atoms with Gasteiger partial charge in [0.2, 0.25) is 0 Å². The highest BCUT2D eigenvalue weighted by molar-refractivity contribution is 9.10. The number of carbonyl (C=O) groups excluding carboxylic acids is 2. The number of rotatable bonds is 6. The minimum atomic E-state index is -0.460. The largest absolute Gasteiger partial charge is 0.455 e. The van der Waals surface area contributed by atoms with Crippen molar-refractivity contribution < 1.29 is 14.3 Å². The first-order valence-corrected chi connectivity index (χ1v) is 8.68. The van der Waals surface area contributed by atoms with Gasteiger partial charge in [-0.05, 0) is 48.5 Å². The molecule has 0 aliphatic rings. The fourth-order valence-corrected chi connectivity index (χ4v) is 2.65. The number of amides is 1. The molecule has 122 valence electrons. The van der Waals surface area contributed by atoms with E-state index in [0.717, 1.165) is 9.37 Å². The van der Waals surface area contributed by atoms with Gasteiger partial charge in [-0.1, -0.05) is 15.9 Å². The first-order chi connectivity index (χ1) is 11.6. The summed E-state index contributed by atoms with van der Waals surface area (Å²) in [5.41, 5.74) is 1.05. The lowest BCUT2D eigenvalue weighted by atomic mass is 10.2. The van der Waals surface area contributed by atoms with Gasteiger partial charge in [-0.25, -0.2) is 0 Å². The molecule has 0 saturated heterocycles. The van der Waals surface area contributed by atoms with E-state index in [1.807, 2.05) is 30.3 Å². The molecule has 2 aromatic rings. The van der Waals surface area contributed by atoms with Crippen LogP contribution in [-0.2, 0) is 14.3 Å². The van der Waals surface area contributed by atoms with E-state index in [1.54, 1.807) is 24.3 Å². The van der Waals surface area contributed by atoms with Gasteiger partial charge in [0.05, 0.1) is 17.4 Å². The van der Waals surface area contributed by atoms with E-state index < -0.39 is 11.9 Å². The summed E-state index contributed by atoms with van der Waals surface area (Å²) < 4.78 is 5.90. The molecule has 2 rings (SSSR count). The molecule has 2 aromatic carbocycles. The molecular weight excluding hydrogens is 392 g/mol. The smallest absolute Gasteiger partial charge is 0.316 e. The zero-order valence-corrected chi connectivity index (χ0v) is 14.9. The molecule has 0 saturated carbocycles. The Morgan fingerprint density at radius 1 is 1.12 bits per heavy atom. The van der Waals surface area contributed by atoms with Crippen molar-refractivity contribution in [2.75, 3.05) is 17.7 Å². The number of halogens is 1. The monoisotopic (exact) mass is 404 g/mol. The van der Waals surface area contributed by atoms with E-state index in [9.17, 15) is 9.59 Å². The van der Waals surface area contributed by atoms with Gasteiger partial charge in [-0.2, -0.15) is 5.26 Å². The van der Waals surface area contributed by atoms with Crippen LogP contribution in [-0.4, -0.2) is 24.2 Å². The van der Waals surface area contributed by atoms with Crippen molar-refractivity contribution in [2.24, 2.45) is 0 Å². The van der Waals surface area contributed by atoms with Crippen LogP contribution >= 0.6 is 27.7 Å². The third-order valence-corrected chi connectivity index (χ3v) is 4.35. The Kier molecular flexibility index (Phi) is 6.85. The molecule has 0 radical (unpaired) electrons. The lowest BCUT2D eigenvalue weighted by molar-refractivity contribution is -0.144. The average molecular weight is 405 g/mol. The highest BCUT2D eigenvalue weighted by Gasteiger charge is 2.09. The lowest BCUT2D eigenvalue weighted by Crippen LogP contribution is -2.21. The van der Waals surface area contributed by atoms with Crippen molar-refractivity contribution in [3.63, 3.8) is 0 Å². The molecule has 0 aliphatic carbocycles. The number of carbonyl (C=O) groups is 2. The Hall–Kier alpha value is -2.30. The second kappa shape index (κ2) is 9.11. The third kappa shape index (κ3) is 6.07. The Bertz CT molecular complexity index is 755. The molecule has 1 N–H and O–H groups in total. The van der Waals surface area contributed by atoms with Crippen LogP contribution in [0.4, 0.5) is 5.69 Å². The molecule has 0 atom stereocenters. The van der Waals surface area contributed by atoms with Crippen molar-refractivity contribution in [2.45, 2.75) is 4.90 Å². The molecule has 0 unspecified atom stereocenters. The molecule has 0 bridgehead atoms. The first-order valence-electron chi connectivity index (χ1n) is 6.91. The number of anilines is 1. The number of hydrogen-bond donors (Lipinski definition) is 1. The highest BCUT2D eigenvalue weighted by Crippen LogP contribution is 2.20. The molecule has 7 heteroatoms. The van der Waals surface area contributed by atoms with Gasteiger partial charge in [0.1, 0.15) is 0 Å². The van der Waals surface area contributed by atoms with E-state index in [1.165, 1.54) is 11.8 Å². The summed E-state index contributed by atoms with van der Waals surface area (Å²) in [6.07, 6.45) is 0. The van der Waals surface area contributed by atoms with Crippen LogP contribution in [0.5, 0.6) is 0 Å². The molecule has 1 amide bonds. The van der Waals surface area contributed by atoms with Gasteiger partial charge in [-0.15, -0.1) is 11.8 Å². The van der Waals surface area contributed by atoms with Crippen molar-refractivity contribution in [3.8, 4) is 6.07 Å². The number of nitrogens with zero attached hydrogens (tertiary/aromatic N) is 1. The standard InChI is InChI=1S/C17H13BrN2O3S/c18-13-3-7-15(8-4-13)24-11-17(22)23-10-16(21)20-14-5-1-12(9-19)2-6-14/h1-8H,10-11H2,(H,20,21). The number of thioether (sulfide) groups is 1. The quantitative estimate of drug-likeness (QED) is 0.587. The van der Waals surface area contributed by atoms with Gasteiger partial charge < -0.3 is 10.1 Å². The molecule has 0 aromatic heterocycles. The van der Waals surface area contributed by atoms with Crippen LogP contribution in [0.15, 0.2) is 57.9 Å². The van der Waals surface area contributed by atoms with Crippen LogP contribution in [0.2, 0.25) is 0 Å². The number of hydrogen-bond acceptors (Lipinski definition) is 5. The van der Waals surface area contributed by atoms with Gasteiger partial charge in [0.15, 0.2) is 6.61 Å². The van der Waals surface area contributed by atoms with Crippen molar-refractivity contribution >= 4 is 45.3 Å². The molecule has 0 aliphatic heterocycles. The maximum Gasteiger partial charge on any atom is 0.316 e. The van der Waals surface area contributed by atoms with Gasteiger partial charge in [-0.3, -0.25) is 9.59 Å². The number of nitrogens with one attached hydrogen (secondary N) is 1. The highest BCUT2D eigenvalue weighted by atomic mass is 79.9. The van der Waals surface area contributed by atoms with Crippen LogP contribution in [0, 0.1) is 11.3 Å². The fraction of sp³-hybridized carbons (Fsp3) is 0.118. The first kappa shape index (κ1) is 18.0. The summed E-state index contributed by atoms with van der Waals surface area (Å²) in [6, 6.07) is 16.0. The lowest BCUT2D eigenvalue weighted by Gasteiger charge is -2.07. The van der Waals surface area contributed by atoms with E-state index in [2.05, 4.69) is 21.2 Å². The van der Waals surface area contributed by atoms with Crippen molar-refractivity contribution in [1.29, 1.82) is 5.26 Å². The summed E-state index contributed by atoms with van der Waals surface area (Å²) in [4.78, 5) is 24.3. The molecule has 0 fully saturated rings. The normalized spacial score (nSPS) is 9.83. The minimum Gasteiger partial charge on any atom is -0.455 e. The number of nitriles is 1. The Labute approximate surface area is 152 Å². The zero-order valence-electron chi connectivity index (χ0n) is 12.5. The molecule has 0 spiro atoms. The van der Waals surface area contributed by atoms with Crippen molar-refractivity contribution in [3.05, 3.63) is 58.6 Å². The predicted molar refractivity (Wildman–Crippen MR) is 95.6 cm³/mol. The molecule has 0 heterocycles. The minimum absolute atomic E-state index is 0.131. The van der Waals surface area contributed by atoms with Gasteiger partial charge in [0.25, 0.3) is 5.91 Å². The topological polar surface area (TPSA) is 79.2 Å². The summed E-state index contributed by atoms with van der Waals surface area (Å²) in [7, 11) is 0. The van der Waals surface area contributed by atoms with Crippen LogP contribution < -0.4 is 5.32 Å². The Morgan fingerprint density at radius 3 is 2.42 bits per heavy atom. The second-order valence-corrected chi connectivity index (χ2v) is 6.61. The van der Waals surface area contributed by atoms with Crippen LogP contribution in [0.3, 0.4) is 0 Å². The van der Waals surface area contributed by atoms with Crippen molar-refractivity contribution in [1.82, 2.24) is 0 Å². The SMILES string of the molecule is N#Cc1ccc(NC(=O)COC(=O)CSc2ccc(Br)cc2)cc1. The summed E-state index contributed by atoms with van der Waals surface area (Å²) in [6.45, 7) is -0.347. The summed E-state index contributed by atoms with van der Waals surface area (Å²) in [5, 5.41) is 11.3. The third-order valence-electron chi connectivity index (χ3n) is 2.83. The van der Waals surface area contributed by atoms with Gasteiger partial charge >= 0.3 is 5.97 Å². The van der Waals surface area contributed by atoms with Gasteiger partial charge in [0, 0.05) is 15.1 Å². The Morgan fingerprint density at radius 2 is 1.79 bits per heavy atom. The van der Waals surface area contributed by atoms with E-state index >= 15 is 0 Å². The summed E-state index contributed by atoms with van der Waals surface area (Å²) >= 11 is 4.68. The Balaban J connectivity index is 1.71. The maximum absolute atomic E-state index is 11.7. The zero-order chi connectivity index (χ0) is 17.4. The number of benzene rings is 2. The van der Waals surface area contributed by atoms with E-state index in [4.69, 9.17) is 10.00 Å². The molecule has 24 heavy (non-hydrogen) atoms. The average Bonchev–Trinajstić information content (AvgIpc) is 2.60. The molecular formula is C17H13BrN2O3S. The molecule has 5 nitrogen and oxygen atoms in total. The summed E-state index contributed by atoms with van der Waals surface area (Å²) in [5.74, 6) is -0.759. The second-order valence-electron chi connectivity index (χ2n) is 4.64. The fourth-order valence-electron chi connectivity index (χ4n) is 1.69. The number of ether oxygens (including phenoxy) is 1.